The van der Waals surface area contributed by atoms with Gasteiger partial charge in [-0.1, -0.05) is 35.9 Å². The Morgan fingerprint density at radius 2 is 2.00 bits per heavy atom. The molecule has 0 aliphatic rings. The fourth-order valence-corrected chi connectivity index (χ4v) is 2.78. The van der Waals surface area contributed by atoms with Crippen LogP contribution >= 0.6 is 11.6 Å². The highest BCUT2D eigenvalue weighted by atomic mass is 35.5. The van der Waals surface area contributed by atoms with Crippen LogP contribution < -0.4 is 15.4 Å². The molecule has 0 heterocycles. The van der Waals surface area contributed by atoms with Crippen molar-refractivity contribution in [2.45, 2.75) is 19.4 Å². The van der Waals surface area contributed by atoms with E-state index in [4.69, 9.17) is 21.1 Å². The summed E-state index contributed by atoms with van der Waals surface area (Å²) in [6.07, 6.45) is 0.0534. The third-order valence-corrected chi connectivity index (χ3v) is 4.23. The van der Waals surface area contributed by atoms with Crippen LogP contribution in [0.5, 0.6) is 5.75 Å². The Labute approximate surface area is 171 Å². The fourth-order valence-electron chi connectivity index (χ4n) is 2.52. The smallest absolute Gasteiger partial charge is 0.195 e. The second-order valence-electron chi connectivity index (χ2n) is 6.10. The molecular formula is C21H28ClN3O3. The quantitative estimate of drug-likeness (QED) is 0.318. The summed E-state index contributed by atoms with van der Waals surface area (Å²) in [6, 6.07) is 14.9. The van der Waals surface area contributed by atoms with Crippen molar-refractivity contribution in [2.75, 3.05) is 38.7 Å². The maximum Gasteiger partial charge on any atom is 0.195 e. The topological polar surface area (TPSA) is 75.1 Å². The molecule has 1 unspecified atom stereocenters. The summed E-state index contributed by atoms with van der Waals surface area (Å²) < 4.78 is 10.7. The summed E-state index contributed by atoms with van der Waals surface area (Å²) in [5, 5.41) is 17.3. The molecule has 2 aromatic rings. The molecule has 2 aromatic carbocycles. The van der Waals surface area contributed by atoms with Crippen molar-refractivity contribution >= 4 is 23.2 Å². The number of nitrogens with zero attached hydrogens (tertiary/aromatic N) is 1. The van der Waals surface area contributed by atoms with Crippen molar-refractivity contribution < 1.29 is 14.6 Å². The molecule has 3 N–H and O–H groups in total. The van der Waals surface area contributed by atoms with Crippen LogP contribution in [0.2, 0.25) is 5.02 Å². The van der Waals surface area contributed by atoms with Crippen molar-refractivity contribution in [1.82, 2.24) is 5.32 Å². The molecular weight excluding hydrogens is 378 g/mol. The van der Waals surface area contributed by atoms with Crippen molar-refractivity contribution in [3.8, 4) is 5.75 Å². The highest BCUT2D eigenvalue weighted by Gasteiger charge is 2.11. The third kappa shape index (κ3) is 7.38. The number of aliphatic hydroxyl groups excluding tert-OH is 1. The number of halogens is 1. The maximum atomic E-state index is 10.4. The molecule has 0 radical (unpaired) electrons. The van der Waals surface area contributed by atoms with Gasteiger partial charge in [0, 0.05) is 49.0 Å². The lowest BCUT2D eigenvalue weighted by Gasteiger charge is -2.15. The van der Waals surface area contributed by atoms with E-state index in [1.807, 2.05) is 43.3 Å². The number of guanidine groups is 1. The molecule has 0 saturated carbocycles. The van der Waals surface area contributed by atoms with Crippen LogP contribution in [0, 0.1) is 0 Å². The fraction of sp³-hybridized carbons (Fsp3) is 0.381. The second kappa shape index (κ2) is 12.2. The molecule has 0 aliphatic heterocycles. The van der Waals surface area contributed by atoms with Gasteiger partial charge in [0.2, 0.25) is 0 Å². The number of methoxy groups -OCH3 is 1. The van der Waals surface area contributed by atoms with Crippen LogP contribution in [0.3, 0.4) is 0 Å². The van der Waals surface area contributed by atoms with Gasteiger partial charge in [-0.15, -0.1) is 0 Å². The van der Waals surface area contributed by atoms with E-state index in [0.717, 1.165) is 17.9 Å². The normalized spacial score (nSPS) is 12.5. The minimum absolute atomic E-state index is 0.187. The Kier molecular flexibility index (Phi) is 9.62. The largest absolute Gasteiger partial charge is 0.493 e. The van der Waals surface area contributed by atoms with E-state index in [1.165, 1.54) is 0 Å². The van der Waals surface area contributed by atoms with E-state index >= 15 is 0 Å². The number of aliphatic hydroxyl groups is 1. The van der Waals surface area contributed by atoms with Gasteiger partial charge < -0.3 is 25.2 Å². The van der Waals surface area contributed by atoms with Crippen molar-refractivity contribution in [1.29, 1.82) is 0 Å². The highest BCUT2D eigenvalue weighted by molar-refractivity contribution is 6.31. The number of rotatable bonds is 10. The van der Waals surface area contributed by atoms with Gasteiger partial charge in [0.15, 0.2) is 5.96 Å². The summed E-state index contributed by atoms with van der Waals surface area (Å²) in [5.74, 6) is 1.35. The molecule has 0 aliphatic carbocycles. The number of ether oxygens (including phenoxy) is 2. The van der Waals surface area contributed by atoms with Gasteiger partial charge in [-0.25, -0.2) is 4.99 Å². The molecule has 28 heavy (non-hydrogen) atoms. The standard InChI is InChI=1S/C21H28ClN3O3/c1-3-23-21(24-15-20(26)18-10-4-5-11-19(18)22)25-16-8-6-9-17(14-16)28-13-7-12-27-2/h4-6,8-11,14,20,26H,3,7,12-13,15H2,1-2H3,(H2,23,24,25). The molecule has 0 bridgehead atoms. The summed E-state index contributed by atoms with van der Waals surface area (Å²) in [4.78, 5) is 4.47. The Hall–Kier alpha value is -2.28. The van der Waals surface area contributed by atoms with Gasteiger partial charge in [0.05, 0.1) is 13.2 Å². The van der Waals surface area contributed by atoms with Crippen LogP contribution in [-0.2, 0) is 4.74 Å². The van der Waals surface area contributed by atoms with Crippen LogP contribution in [-0.4, -0.2) is 44.5 Å². The van der Waals surface area contributed by atoms with Gasteiger partial charge in [0.25, 0.3) is 0 Å². The second-order valence-corrected chi connectivity index (χ2v) is 6.51. The molecule has 2 rings (SSSR count). The SMILES string of the molecule is CCNC(=NCC(O)c1ccccc1Cl)Nc1cccc(OCCCOC)c1. The van der Waals surface area contributed by atoms with Crippen molar-refractivity contribution in [3.05, 3.63) is 59.1 Å². The number of benzene rings is 2. The lowest BCUT2D eigenvalue weighted by molar-refractivity contribution is 0.172. The van der Waals surface area contributed by atoms with E-state index < -0.39 is 6.10 Å². The number of hydrogen-bond donors (Lipinski definition) is 3. The monoisotopic (exact) mass is 405 g/mol. The zero-order valence-electron chi connectivity index (χ0n) is 16.3. The zero-order valence-corrected chi connectivity index (χ0v) is 17.1. The summed E-state index contributed by atoms with van der Waals surface area (Å²) in [7, 11) is 1.68. The summed E-state index contributed by atoms with van der Waals surface area (Å²) in [5.41, 5.74) is 1.51. The molecule has 0 amide bonds. The number of nitrogens with one attached hydrogen (secondary N) is 2. The van der Waals surface area contributed by atoms with Gasteiger partial charge in [-0.05, 0) is 25.1 Å². The third-order valence-electron chi connectivity index (χ3n) is 3.89. The maximum absolute atomic E-state index is 10.4. The Balaban J connectivity index is 1.99. The molecule has 0 aromatic heterocycles. The van der Waals surface area contributed by atoms with Crippen LogP contribution in [0.15, 0.2) is 53.5 Å². The van der Waals surface area contributed by atoms with E-state index in [9.17, 15) is 5.11 Å². The van der Waals surface area contributed by atoms with Gasteiger partial charge in [0.1, 0.15) is 11.9 Å². The van der Waals surface area contributed by atoms with Crippen LogP contribution in [0.1, 0.15) is 25.0 Å². The van der Waals surface area contributed by atoms with Gasteiger partial charge in [-0.2, -0.15) is 0 Å². The van der Waals surface area contributed by atoms with E-state index in [-0.39, 0.29) is 6.54 Å². The minimum atomic E-state index is -0.778. The number of hydrogen-bond acceptors (Lipinski definition) is 4. The Morgan fingerprint density at radius 3 is 2.75 bits per heavy atom. The lowest BCUT2D eigenvalue weighted by atomic mass is 10.1. The average molecular weight is 406 g/mol. The first-order valence-corrected chi connectivity index (χ1v) is 9.71. The summed E-state index contributed by atoms with van der Waals surface area (Å²) in [6.45, 7) is 4.13. The average Bonchev–Trinajstić information content (AvgIpc) is 2.70. The Morgan fingerprint density at radius 1 is 1.18 bits per heavy atom. The number of anilines is 1. The first-order chi connectivity index (χ1) is 13.6. The zero-order chi connectivity index (χ0) is 20.2. The summed E-state index contributed by atoms with van der Waals surface area (Å²) >= 11 is 6.14. The van der Waals surface area contributed by atoms with Crippen molar-refractivity contribution in [2.24, 2.45) is 4.99 Å². The molecule has 0 spiro atoms. The molecule has 1 atom stereocenters. The minimum Gasteiger partial charge on any atom is -0.493 e. The first-order valence-electron chi connectivity index (χ1n) is 9.33. The molecule has 7 heteroatoms. The molecule has 152 valence electrons. The first kappa shape index (κ1) is 22.0. The van der Waals surface area contributed by atoms with Crippen LogP contribution in [0.25, 0.3) is 0 Å². The van der Waals surface area contributed by atoms with E-state index in [2.05, 4.69) is 15.6 Å². The molecule has 0 fully saturated rings. The highest BCUT2D eigenvalue weighted by Crippen LogP contribution is 2.23. The lowest BCUT2D eigenvalue weighted by Crippen LogP contribution is -2.31. The van der Waals surface area contributed by atoms with Crippen molar-refractivity contribution in [3.63, 3.8) is 0 Å². The predicted octanol–water partition coefficient (Wildman–Crippen LogP) is 3.87. The Bertz CT molecular complexity index is 755. The van der Waals surface area contributed by atoms with E-state index in [0.29, 0.717) is 36.3 Å². The van der Waals surface area contributed by atoms with Crippen LogP contribution in [0.4, 0.5) is 5.69 Å². The number of aliphatic imine (C=N–C) groups is 1. The van der Waals surface area contributed by atoms with Gasteiger partial charge in [-0.3, -0.25) is 0 Å². The van der Waals surface area contributed by atoms with Gasteiger partial charge >= 0.3 is 0 Å². The molecule has 0 saturated heterocycles. The molecule has 6 nitrogen and oxygen atoms in total. The van der Waals surface area contributed by atoms with E-state index in [1.54, 1.807) is 19.2 Å². The predicted molar refractivity (Wildman–Crippen MR) is 114 cm³/mol.